The molecule has 2 fully saturated rings. The van der Waals surface area contributed by atoms with Gasteiger partial charge in [0.15, 0.2) is 10.7 Å². The van der Waals surface area contributed by atoms with Crippen molar-refractivity contribution in [2.45, 2.75) is 25.3 Å². The first-order valence-electron chi connectivity index (χ1n) is 12.0. The molecule has 0 atom stereocenters. The summed E-state index contributed by atoms with van der Waals surface area (Å²) in [7, 11) is 0. The maximum Gasteiger partial charge on any atom is 0.415 e. The molecule has 6 rings (SSSR count). The minimum absolute atomic E-state index is 0.0147. The lowest BCUT2D eigenvalue weighted by molar-refractivity contribution is -0.116. The minimum Gasteiger partial charge on any atom is -0.410 e. The molecule has 190 valence electrons. The third kappa shape index (κ3) is 4.67. The van der Waals surface area contributed by atoms with Crippen molar-refractivity contribution >= 4 is 44.3 Å². The minimum atomic E-state index is -0.673. The molecule has 2 amide bonds. The van der Waals surface area contributed by atoms with Crippen LogP contribution in [0.1, 0.15) is 29.6 Å². The van der Waals surface area contributed by atoms with E-state index in [4.69, 9.17) is 9.47 Å². The maximum absolute atomic E-state index is 15.0. The number of nitrogens with one attached hydrogen (secondary N) is 1. The Balaban J connectivity index is 1.20. The zero-order valence-corrected chi connectivity index (χ0v) is 20.6. The van der Waals surface area contributed by atoms with Crippen molar-refractivity contribution in [2.24, 2.45) is 0 Å². The van der Waals surface area contributed by atoms with E-state index in [9.17, 15) is 18.8 Å². The highest BCUT2D eigenvalue weighted by molar-refractivity contribution is 7.23. The number of Topliss-reactive ketones (excluding diaryl/α,β-unsaturated/α-hetero) is 1. The summed E-state index contributed by atoms with van der Waals surface area (Å²) in [6.07, 6.45) is 2.99. The third-order valence-electron chi connectivity index (χ3n) is 6.62. The lowest BCUT2D eigenvalue weighted by Gasteiger charge is -2.23. The number of hydrogen-bond acceptors (Lipinski definition) is 7. The number of ketones is 1. The van der Waals surface area contributed by atoms with Crippen LogP contribution in [-0.4, -0.2) is 64.4 Å². The number of hydrogen-bond donors (Lipinski definition) is 1. The fourth-order valence-electron chi connectivity index (χ4n) is 4.60. The van der Waals surface area contributed by atoms with Crippen molar-refractivity contribution < 1.29 is 28.2 Å². The van der Waals surface area contributed by atoms with Gasteiger partial charge in [-0.2, -0.15) is 0 Å². The Morgan fingerprint density at radius 1 is 1.16 bits per heavy atom. The van der Waals surface area contributed by atoms with Crippen LogP contribution in [0.3, 0.4) is 0 Å². The number of halogens is 1. The molecular formula is C26H23FN4O5S. The number of carbonyl (C=O) groups excluding carboxylic acids is 3. The van der Waals surface area contributed by atoms with Crippen LogP contribution in [0.2, 0.25) is 0 Å². The fraction of sp³-hybridized carbons (Fsp3) is 0.308. The lowest BCUT2D eigenvalue weighted by atomic mass is 10.1. The smallest absolute Gasteiger partial charge is 0.410 e. The summed E-state index contributed by atoms with van der Waals surface area (Å²) < 4.78 is 28.3. The number of nitrogens with zero attached hydrogens (tertiary/aromatic N) is 3. The molecule has 37 heavy (non-hydrogen) atoms. The zero-order valence-electron chi connectivity index (χ0n) is 19.7. The molecule has 2 aliphatic rings. The summed E-state index contributed by atoms with van der Waals surface area (Å²) in [5.41, 5.74) is 2.16. The van der Waals surface area contributed by atoms with Gasteiger partial charge in [-0.1, -0.05) is 11.3 Å². The molecule has 0 radical (unpaired) electrons. The number of aromatic nitrogens is 2. The van der Waals surface area contributed by atoms with Gasteiger partial charge in [-0.15, -0.1) is 0 Å². The van der Waals surface area contributed by atoms with E-state index in [0.717, 1.165) is 29.1 Å². The van der Waals surface area contributed by atoms with Gasteiger partial charge in [0.05, 0.1) is 22.5 Å². The van der Waals surface area contributed by atoms with Crippen molar-refractivity contribution in [3.05, 3.63) is 54.0 Å². The lowest BCUT2D eigenvalue weighted by Crippen LogP contribution is -2.38. The number of rotatable bonds is 4. The predicted octanol–water partition coefficient (Wildman–Crippen LogP) is 4.04. The van der Waals surface area contributed by atoms with Crippen LogP contribution in [0.4, 0.5) is 9.18 Å². The number of carbonyl (C=O) groups is 3. The molecule has 2 saturated heterocycles. The van der Waals surface area contributed by atoms with E-state index in [1.54, 1.807) is 12.3 Å². The number of thiazole rings is 1. The first-order chi connectivity index (χ1) is 17.9. The Kier molecular flexibility index (Phi) is 6.09. The van der Waals surface area contributed by atoms with Gasteiger partial charge in [-0.25, -0.2) is 14.2 Å². The van der Waals surface area contributed by atoms with E-state index in [1.165, 1.54) is 28.4 Å². The Morgan fingerprint density at radius 3 is 2.76 bits per heavy atom. The van der Waals surface area contributed by atoms with Gasteiger partial charge in [-0.3, -0.25) is 14.0 Å². The molecule has 2 aliphatic heterocycles. The standard InChI is InChI=1S/C26H23FN4O5S/c27-20-12-18(36-26(34)30-8-5-17(32)13-30)2-3-19(20)21-14-31-22-4-1-15(11-23(22)37-25(31)29-21)24(33)28-16-6-9-35-10-7-16/h1-4,11-12,14,16H,5-10,13H2,(H,28,33). The first kappa shape index (κ1) is 23.6. The van der Waals surface area contributed by atoms with E-state index in [2.05, 4.69) is 10.3 Å². The highest BCUT2D eigenvalue weighted by Gasteiger charge is 2.26. The third-order valence-corrected chi connectivity index (χ3v) is 7.64. The van der Waals surface area contributed by atoms with E-state index in [1.807, 2.05) is 16.5 Å². The van der Waals surface area contributed by atoms with E-state index in [-0.39, 0.29) is 35.6 Å². The molecule has 9 nitrogen and oxygen atoms in total. The largest absolute Gasteiger partial charge is 0.415 e. The van der Waals surface area contributed by atoms with Crippen LogP contribution in [0.15, 0.2) is 42.6 Å². The first-order valence-corrected chi connectivity index (χ1v) is 12.8. The highest BCUT2D eigenvalue weighted by Crippen LogP contribution is 2.32. The average molecular weight is 523 g/mol. The fourth-order valence-corrected chi connectivity index (χ4v) is 5.65. The molecule has 0 spiro atoms. The van der Waals surface area contributed by atoms with Crippen LogP contribution in [0, 0.1) is 5.82 Å². The molecule has 0 aliphatic carbocycles. The van der Waals surface area contributed by atoms with Crippen molar-refractivity contribution in [3.63, 3.8) is 0 Å². The molecule has 0 saturated carbocycles. The van der Waals surface area contributed by atoms with Crippen LogP contribution < -0.4 is 10.1 Å². The molecule has 2 aromatic heterocycles. The Bertz CT molecular complexity index is 1540. The Labute approximate surface area is 214 Å². The topological polar surface area (TPSA) is 102 Å². The molecule has 2 aromatic carbocycles. The van der Waals surface area contributed by atoms with Crippen molar-refractivity contribution in [2.75, 3.05) is 26.3 Å². The monoisotopic (exact) mass is 522 g/mol. The zero-order chi connectivity index (χ0) is 25.5. The van der Waals surface area contributed by atoms with Crippen LogP contribution in [0.5, 0.6) is 5.75 Å². The normalized spacial score (nSPS) is 16.6. The SMILES string of the molecule is O=C1CCN(C(=O)Oc2ccc(-c3cn4c(n3)sc3cc(C(=O)NC5CCOCC5)ccc34)c(F)c2)C1. The second-order valence-electron chi connectivity index (χ2n) is 9.14. The van der Waals surface area contributed by atoms with Crippen LogP contribution >= 0.6 is 11.3 Å². The number of imidazole rings is 1. The summed E-state index contributed by atoms with van der Waals surface area (Å²) in [5, 5.41) is 3.07. The van der Waals surface area contributed by atoms with Crippen LogP contribution in [-0.2, 0) is 9.53 Å². The number of benzene rings is 2. The van der Waals surface area contributed by atoms with Gasteiger partial charge in [0, 0.05) is 55.6 Å². The predicted molar refractivity (Wildman–Crippen MR) is 134 cm³/mol. The second-order valence-corrected chi connectivity index (χ2v) is 10.2. The number of amides is 2. The molecule has 0 unspecified atom stereocenters. The average Bonchev–Trinajstić information content (AvgIpc) is 3.59. The molecule has 0 bridgehead atoms. The Morgan fingerprint density at radius 2 is 2.00 bits per heavy atom. The summed E-state index contributed by atoms with van der Waals surface area (Å²) in [5.74, 6) is -0.659. The van der Waals surface area contributed by atoms with Gasteiger partial charge < -0.3 is 19.7 Å². The molecule has 1 N–H and O–H groups in total. The van der Waals surface area contributed by atoms with Crippen molar-refractivity contribution in [3.8, 4) is 17.0 Å². The van der Waals surface area contributed by atoms with Crippen molar-refractivity contribution in [1.82, 2.24) is 19.6 Å². The van der Waals surface area contributed by atoms with Crippen LogP contribution in [0.25, 0.3) is 26.4 Å². The molecule has 11 heteroatoms. The molecular weight excluding hydrogens is 499 g/mol. The summed E-state index contributed by atoms with van der Waals surface area (Å²) in [6, 6.07) is 9.77. The van der Waals surface area contributed by atoms with E-state index >= 15 is 0 Å². The highest BCUT2D eigenvalue weighted by atomic mass is 32.1. The van der Waals surface area contributed by atoms with E-state index < -0.39 is 11.9 Å². The van der Waals surface area contributed by atoms with Crippen molar-refractivity contribution in [1.29, 1.82) is 0 Å². The van der Waals surface area contributed by atoms with E-state index in [0.29, 0.717) is 42.4 Å². The maximum atomic E-state index is 15.0. The number of ether oxygens (including phenoxy) is 2. The molecule has 4 aromatic rings. The van der Waals surface area contributed by atoms with Gasteiger partial charge in [0.1, 0.15) is 11.6 Å². The summed E-state index contributed by atoms with van der Waals surface area (Å²) in [6.45, 7) is 1.63. The Hall–Kier alpha value is -3.83. The molecule has 4 heterocycles. The van der Waals surface area contributed by atoms with Gasteiger partial charge in [-0.05, 0) is 43.2 Å². The van der Waals surface area contributed by atoms with Gasteiger partial charge in [0.2, 0.25) is 0 Å². The second kappa shape index (κ2) is 9.56. The van der Waals surface area contributed by atoms with Gasteiger partial charge in [0.25, 0.3) is 5.91 Å². The van der Waals surface area contributed by atoms with Gasteiger partial charge >= 0.3 is 6.09 Å². The summed E-state index contributed by atoms with van der Waals surface area (Å²) in [4.78, 5) is 42.8. The summed E-state index contributed by atoms with van der Waals surface area (Å²) >= 11 is 1.41. The number of likely N-dealkylation sites (tertiary alicyclic amines) is 1. The number of fused-ring (bicyclic) bond motifs is 3. The quantitative estimate of drug-likeness (QED) is 0.434.